The van der Waals surface area contributed by atoms with Crippen LogP contribution in [0.3, 0.4) is 0 Å². The lowest BCUT2D eigenvalue weighted by atomic mass is 9.85. The van der Waals surface area contributed by atoms with Crippen molar-refractivity contribution in [2.45, 2.75) is 30.1 Å². The van der Waals surface area contributed by atoms with E-state index < -0.39 is 9.84 Å². The van der Waals surface area contributed by atoms with Gasteiger partial charge in [-0.25, -0.2) is 12.8 Å². The van der Waals surface area contributed by atoms with E-state index in [0.29, 0.717) is 5.92 Å². The Morgan fingerprint density at radius 2 is 1.63 bits per heavy atom. The topological polar surface area (TPSA) is 86.3 Å². The molecule has 1 saturated heterocycles. The van der Waals surface area contributed by atoms with Crippen LogP contribution in [0, 0.1) is 5.82 Å². The van der Waals surface area contributed by atoms with Crippen LogP contribution in [-0.4, -0.2) is 60.4 Å². The van der Waals surface area contributed by atoms with E-state index in [1.165, 1.54) is 17.7 Å². The van der Waals surface area contributed by atoms with Crippen LogP contribution < -0.4 is 0 Å². The number of sulfone groups is 1. The normalized spacial score (nSPS) is 15.1. The zero-order chi connectivity index (χ0) is 26.5. The fourth-order valence-electron chi connectivity index (χ4n) is 5.29. The summed E-state index contributed by atoms with van der Waals surface area (Å²) in [5, 5.41) is 8.97. The Morgan fingerprint density at radius 3 is 2.29 bits per heavy atom. The number of hydrogen-bond acceptors (Lipinski definition) is 5. The first-order chi connectivity index (χ1) is 18.4. The number of nitrogens with zero attached hydrogens (tertiary/aromatic N) is 2. The van der Waals surface area contributed by atoms with Crippen molar-refractivity contribution in [3.8, 4) is 22.4 Å². The first kappa shape index (κ1) is 26.3. The Bertz CT molecular complexity index is 1450. The molecule has 1 aliphatic rings. The first-order valence-corrected chi connectivity index (χ1v) is 14.6. The molecule has 8 heteroatoms. The lowest BCUT2D eigenvalue weighted by Gasteiger charge is -2.32. The summed E-state index contributed by atoms with van der Waals surface area (Å²) in [6.07, 6.45) is 8.65. The summed E-state index contributed by atoms with van der Waals surface area (Å²) in [5.74, 6) is -0.0895. The molecule has 0 aliphatic carbocycles. The number of pyridine rings is 1. The van der Waals surface area contributed by atoms with Crippen LogP contribution >= 0.6 is 0 Å². The molecule has 4 aromatic rings. The predicted molar refractivity (Wildman–Crippen MR) is 147 cm³/mol. The Balaban J connectivity index is 1.25. The molecule has 38 heavy (non-hydrogen) atoms. The average Bonchev–Trinajstić information content (AvgIpc) is 3.38. The van der Waals surface area contributed by atoms with Gasteiger partial charge in [0.1, 0.15) is 5.82 Å². The van der Waals surface area contributed by atoms with Crippen LogP contribution in [0.25, 0.3) is 22.4 Å². The maximum atomic E-state index is 13.6. The van der Waals surface area contributed by atoms with Gasteiger partial charge in [-0.05, 0) is 109 Å². The molecule has 6 nitrogen and oxygen atoms in total. The van der Waals surface area contributed by atoms with Crippen molar-refractivity contribution in [2.24, 2.45) is 0 Å². The van der Waals surface area contributed by atoms with Crippen LogP contribution in [0.5, 0.6) is 0 Å². The number of aromatic amines is 1. The van der Waals surface area contributed by atoms with Gasteiger partial charge >= 0.3 is 0 Å². The molecule has 2 aromatic heterocycles. The van der Waals surface area contributed by atoms with E-state index in [-0.39, 0.29) is 23.1 Å². The van der Waals surface area contributed by atoms with Gasteiger partial charge in [-0.1, -0.05) is 12.1 Å². The third-order valence-electron chi connectivity index (χ3n) is 7.40. The third kappa shape index (κ3) is 5.88. The summed E-state index contributed by atoms with van der Waals surface area (Å²) in [7, 11) is -3.42. The number of halogens is 1. The van der Waals surface area contributed by atoms with Crippen LogP contribution in [0.2, 0.25) is 0 Å². The smallest absolute Gasteiger partial charge is 0.180 e. The predicted octanol–water partition coefficient (Wildman–Crippen LogP) is 5.07. The van der Waals surface area contributed by atoms with Crippen LogP contribution in [0.15, 0.2) is 84.1 Å². The fourth-order valence-corrected chi connectivity index (χ4v) is 6.32. The van der Waals surface area contributed by atoms with E-state index >= 15 is 0 Å². The van der Waals surface area contributed by atoms with Crippen LogP contribution in [0.1, 0.15) is 29.9 Å². The van der Waals surface area contributed by atoms with Gasteiger partial charge in [-0.15, -0.1) is 0 Å². The molecule has 0 bridgehead atoms. The summed E-state index contributed by atoms with van der Waals surface area (Å²) in [6, 6.07) is 17.7. The van der Waals surface area contributed by atoms with Crippen LogP contribution in [0.4, 0.5) is 4.39 Å². The quantitative estimate of drug-likeness (QED) is 0.314. The Morgan fingerprint density at radius 1 is 0.947 bits per heavy atom. The van der Waals surface area contributed by atoms with Crippen molar-refractivity contribution in [3.05, 3.63) is 96.2 Å². The zero-order valence-electron chi connectivity index (χ0n) is 21.2. The zero-order valence-corrected chi connectivity index (χ0v) is 22.0. The lowest BCUT2D eigenvalue weighted by molar-refractivity contribution is 0.215. The number of aliphatic hydroxyl groups is 1. The number of likely N-dealkylation sites (tertiary alicyclic amines) is 1. The highest BCUT2D eigenvalue weighted by Gasteiger charge is 2.26. The van der Waals surface area contributed by atoms with Gasteiger partial charge in [-0.2, -0.15) is 0 Å². The number of piperidine rings is 1. The maximum Gasteiger partial charge on any atom is 0.180 e. The summed E-state index contributed by atoms with van der Waals surface area (Å²) in [4.78, 5) is 10.4. The lowest BCUT2D eigenvalue weighted by Crippen LogP contribution is -2.34. The van der Waals surface area contributed by atoms with E-state index in [9.17, 15) is 12.8 Å². The molecule has 0 amide bonds. The minimum atomic E-state index is -3.42. The van der Waals surface area contributed by atoms with E-state index in [1.807, 2.05) is 36.4 Å². The molecule has 0 saturated carbocycles. The Kier molecular flexibility index (Phi) is 8.02. The van der Waals surface area contributed by atoms with Crippen LogP contribution in [-0.2, 0) is 16.3 Å². The van der Waals surface area contributed by atoms with Crippen molar-refractivity contribution in [3.63, 3.8) is 0 Å². The summed E-state index contributed by atoms with van der Waals surface area (Å²) < 4.78 is 37.8. The van der Waals surface area contributed by atoms with Gasteiger partial charge in [-0.3, -0.25) is 4.98 Å². The minimum absolute atomic E-state index is 0.249. The van der Waals surface area contributed by atoms with E-state index in [4.69, 9.17) is 5.11 Å². The summed E-state index contributed by atoms with van der Waals surface area (Å²) in [6.45, 7) is 2.52. The molecule has 198 valence electrons. The molecular weight excluding hydrogens is 501 g/mol. The molecule has 2 aromatic carbocycles. The molecule has 3 heterocycles. The van der Waals surface area contributed by atoms with E-state index in [2.05, 4.69) is 21.1 Å². The number of hydrogen-bond donors (Lipinski definition) is 2. The third-order valence-corrected chi connectivity index (χ3v) is 9.11. The number of rotatable bonds is 9. The molecule has 0 spiro atoms. The second-order valence-corrected chi connectivity index (χ2v) is 11.9. The highest BCUT2D eigenvalue weighted by molar-refractivity contribution is 7.91. The first-order valence-electron chi connectivity index (χ1n) is 13.0. The minimum Gasteiger partial charge on any atom is -0.395 e. The average molecular weight is 534 g/mol. The Labute approximate surface area is 223 Å². The molecule has 0 unspecified atom stereocenters. The molecule has 5 rings (SSSR count). The van der Waals surface area contributed by atoms with Crippen molar-refractivity contribution in [1.29, 1.82) is 0 Å². The molecular formula is C30H32FN3O3S. The highest BCUT2D eigenvalue weighted by Crippen LogP contribution is 2.41. The van der Waals surface area contributed by atoms with Gasteiger partial charge in [0, 0.05) is 30.7 Å². The van der Waals surface area contributed by atoms with E-state index in [0.717, 1.165) is 66.8 Å². The van der Waals surface area contributed by atoms with E-state index in [1.54, 1.807) is 24.5 Å². The van der Waals surface area contributed by atoms with Crippen molar-refractivity contribution >= 4 is 9.84 Å². The fraction of sp³-hybridized carbons (Fsp3) is 0.300. The van der Waals surface area contributed by atoms with Crippen molar-refractivity contribution in [1.82, 2.24) is 14.9 Å². The van der Waals surface area contributed by atoms with Crippen molar-refractivity contribution < 1.29 is 17.9 Å². The number of nitrogens with one attached hydrogen (secondary N) is 1. The molecule has 2 N–H and O–H groups in total. The Hall–Kier alpha value is -3.33. The molecule has 0 atom stereocenters. The second kappa shape index (κ2) is 11.6. The van der Waals surface area contributed by atoms with Crippen molar-refractivity contribution in [2.75, 3.05) is 32.0 Å². The van der Waals surface area contributed by atoms with Gasteiger partial charge in [0.15, 0.2) is 9.84 Å². The van der Waals surface area contributed by atoms with Gasteiger partial charge in [0.25, 0.3) is 0 Å². The monoisotopic (exact) mass is 533 g/mol. The maximum absolute atomic E-state index is 13.6. The van der Waals surface area contributed by atoms with Gasteiger partial charge in [0.05, 0.1) is 22.9 Å². The number of benzene rings is 2. The summed E-state index contributed by atoms with van der Waals surface area (Å²) in [5.41, 5.74) is 6.60. The molecule has 0 radical (unpaired) electrons. The largest absolute Gasteiger partial charge is 0.395 e. The SMILES string of the molecule is O=S(=O)(CCO)c1ccc(CCN2CCC(c3c[nH]c(-c4ccc(F)cc4)c3-c3ccncc3)CC2)cc1. The number of H-pyrrole nitrogens is 1. The number of aromatic nitrogens is 2. The molecule has 1 aliphatic heterocycles. The number of aliphatic hydroxyl groups excluding tert-OH is 1. The molecule has 1 fully saturated rings. The highest BCUT2D eigenvalue weighted by atomic mass is 32.2. The van der Waals surface area contributed by atoms with Gasteiger partial charge in [0.2, 0.25) is 0 Å². The second-order valence-electron chi connectivity index (χ2n) is 9.79. The standard InChI is InChI=1S/C30H32FN3O3S/c31-26-5-3-25(4-6-26)30-29(24-9-14-32-15-10-24)28(21-33-30)23-12-17-34(18-13-23)16-11-22-1-7-27(8-2-22)38(36,37)20-19-35/h1-10,14-15,21,23,33,35H,11-13,16-20H2. The summed E-state index contributed by atoms with van der Waals surface area (Å²) >= 11 is 0. The van der Waals surface area contributed by atoms with Gasteiger partial charge < -0.3 is 15.0 Å².